The fraction of sp³-hybridized carbons (Fsp3) is 0.636. The topological polar surface area (TPSA) is 29.5 Å². The summed E-state index contributed by atoms with van der Waals surface area (Å²) in [5.41, 5.74) is 1.90. The lowest BCUT2D eigenvalue weighted by Crippen LogP contribution is -2.07. The summed E-state index contributed by atoms with van der Waals surface area (Å²) in [5, 5.41) is 9.50. The number of alkyl halides is 1. The molecule has 0 radical (unpaired) electrons. The number of hydrogen-bond acceptors (Lipinski definition) is 2. The van der Waals surface area contributed by atoms with Gasteiger partial charge in [0.05, 0.1) is 12.7 Å². The van der Waals surface area contributed by atoms with Gasteiger partial charge in [0, 0.05) is 13.0 Å². The molecule has 0 aromatic rings. The van der Waals surface area contributed by atoms with Gasteiger partial charge in [0.1, 0.15) is 0 Å². The number of halogens is 1. The molecule has 0 heterocycles. The zero-order chi connectivity index (χ0) is 11.0. The number of hydrogen-bond donors (Lipinski definition) is 1. The van der Waals surface area contributed by atoms with Crippen LogP contribution in [0.2, 0.25) is 0 Å². The molecule has 1 unspecified atom stereocenters. The second kappa shape index (κ2) is 8.04. The van der Waals surface area contributed by atoms with Crippen LogP contribution in [0.25, 0.3) is 0 Å². The largest absolute Gasteiger partial charge is 0.389 e. The maximum atomic E-state index is 9.50. The van der Waals surface area contributed by atoms with E-state index in [1.807, 2.05) is 13.0 Å². The van der Waals surface area contributed by atoms with E-state index in [0.29, 0.717) is 18.9 Å². The summed E-state index contributed by atoms with van der Waals surface area (Å²) in [4.78, 5) is 0. The van der Waals surface area contributed by atoms with Gasteiger partial charge in [-0.25, -0.2) is 0 Å². The smallest absolute Gasteiger partial charge is 0.0747 e. The van der Waals surface area contributed by atoms with Crippen LogP contribution < -0.4 is 0 Å². The number of ether oxygens (including phenoxy) is 1. The summed E-state index contributed by atoms with van der Waals surface area (Å²) < 4.78 is 4.91. The molecule has 2 nitrogen and oxygen atoms in total. The first-order chi connectivity index (χ1) is 6.61. The van der Waals surface area contributed by atoms with Crippen molar-refractivity contribution in [1.29, 1.82) is 0 Å². The van der Waals surface area contributed by atoms with E-state index < -0.39 is 6.10 Å². The Morgan fingerprint density at radius 2 is 2.29 bits per heavy atom. The Hall–Kier alpha value is -0.310. The minimum Gasteiger partial charge on any atom is -0.389 e. The minimum atomic E-state index is -0.427. The molecular weight excluding hydrogens is 200 g/mol. The van der Waals surface area contributed by atoms with Crippen LogP contribution in [0.4, 0.5) is 0 Å². The van der Waals surface area contributed by atoms with Gasteiger partial charge in [-0.2, -0.15) is 0 Å². The lowest BCUT2D eigenvalue weighted by molar-refractivity contribution is 0.200. The second-order valence-corrected chi connectivity index (χ2v) is 3.62. The van der Waals surface area contributed by atoms with Gasteiger partial charge in [0.15, 0.2) is 0 Å². The van der Waals surface area contributed by atoms with E-state index in [4.69, 9.17) is 16.3 Å². The highest BCUT2D eigenvalue weighted by molar-refractivity contribution is 6.19. The summed E-state index contributed by atoms with van der Waals surface area (Å²) in [6.45, 7) is 6.09. The number of rotatable bonds is 7. The van der Waals surface area contributed by atoms with Crippen LogP contribution >= 0.6 is 11.6 Å². The number of aliphatic hydroxyl groups excluding tert-OH is 1. The Morgan fingerprint density at radius 1 is 1.64 bits per heavy atom. The minimum absolute atomic E-state index is 0.427. The standard InChI is InChI=1S/C11H19ClO2/c1-9(2)11(13)5-4-10(8-12)6-7-14-3/h6,11,13H,1,4-5,7-8H2,2-3H3. The van der Waals surface area contributed by atoms with Crippen LogP contribution in [0.3, 0.4) is 0 Å². The average Bonchev–Trinajstić information content (AvgIpc) is 2.17. The van der Waals surface area contributed by atoms with Gasteiger partial charge in [0.2, 0.25) is 0 Å². The van der Waals surface area contributed by atoms with E-state index in [-0.39, 0.29) is 0 Å². The monoisotopic (exact) mass is 218 g/mol. The fourth-order valence-corrected chi connectivity index (χ4v) is 1.24. The summed E-state index contributed by atoms with van der Waals surface area (Å²) in [5.74, 6) is 0.492. The molecule has 0 aliphatic rings. The zero-order valence-corrected chi connectivity index (χ0v) is 9.68. The fourth-order valence-electron chi connectivity index (χ4n) is 0.993. The van der Waals surface area contributed by atoms with Gasteiger partial charge in [-0.15, -0.1) is 11.6 Å². The van der Waals surface area contributed by atoms with E-state index >= 15 is 0 Å². The third kappa shape index (κ3) is 6.19. The van der Waals surface area contributed by atoms with E-state index in [1.54, 1.807) is 7.11 Å². The molecule has 82 valence electrons. The lowest BCUT2D eigenvalue weighted by atomic mass is 10.0. The average molecular weight is 219 g/mol. The second-order valence-electron chi connectivity index (χ2n) is 3.35. The highest BCUT2D eigenvalue weighted by Crippen LogP contribution is 2.13. The molecule has 0 aliphatic carbocycles. The third-order valence-corrected chi connectivity index (χ3v) is 2.36. The van der Waals surface area contributed by atoms with E-state index in [0.717, 1.165) is 17.6 Å². The molecule has 0 aromatic heterocycles. The molecule has 0 saturated heterocycles. The third-order valence-electron chi connectivity index (χ3n) is 2.02. The van der Waals surface area contributed by atoms with E-state index in [9.17, 15) is 5.11 Å². The molecule has 0 spiro atoms. The Morgan fingerprint density at radius 3 is 2.71 bits per heavy atom. The van der Waals surface area contributed by atoms with Crippen molar-refractivity contribution in [3.8, 4) is 0 Å². The van der Waals surface area contributed by atoms with E-state index in [2.05, 4.69) is 6.58 Å². The maximum Gasteiger partial charge on any atom is 0.0747 e. The Kier molecular flexibility index (Phi) is 7.86. The lowest BCUT2D eigenvalue weighted by Gasteiger charge is -2.10. The molecule has 0 fully saturated rings. The molecule has 1 N–H and O–H groups in total. The SMILES string of the molecule is C=C(C)C(O)CCC(=CCOC)CCl. The van der Waals surface area contributed by atoms with Crippen LogP contribution in [0, 0.1) is 0 Å². The summed E-state index contributed by atoms with van der Waals surface area (Å²) in [6.07, 6.45) is 3.00. The number of allylic oxidation sites excluding steroid dienone is 1. The van der Waals surface area contributed by atoms with Crippen molar-refractivity contribution in [3.63, 3.8) is 0 Å². The van der Waals surface area contributed by atoms with Crippen molar-refractivity contribution >= 4 is 11.6 Å². The first kappa shape index (κ1) is 13.7. The Labute approximate surface area is 91.2 Å². The van der Waals surface area contributed by atoms with Crippen molar-refractivity contribution < 1.29 is 9.84 Å². The van der Waals surface area contributed by atoms with Crippen LogP contribution in [-0.4, -0.2) is 30.8 Å². The molecule has 0 saturated carbocycles. The summed E-state index contributed by atoms with van der Waals surface area (Å²) in [7, 11) is 1.64. The highest BCUT2D eigenvalue weighted by Gasteiger charge is 2.05. The van der Waals surface area contributed by atoms with Gasteiger partial charge < -0.3 is 9.84 Å². The first-order valence-electron chi connectivity index (χ1n) is 4.68. The van der Waals surface area contributed by atoms with Gasteiger partial charge in [0.25, 0.3) is 0 Å². The van der Waals surface area contributed by atoms with Crippen LogP contribution in [0.5, 0.6) is 0 Å². The van der Waals surface area contributed by atoms with E-state index in [1.165, 1.54) is 0 Å². The maximum absolute atomic E-state index is 9.50. The molecule has 0 rings (SSSR count). The molecule has 14 heavy (non-hydrogen) atoms. The predicted octanol–water partition coefficient (Wildman–Crippen LogP) is 2.52. The van der Waals surface area contributed by atoms with Crippen LogP contribution in [0.1, 0.15) is 19.8 Å². The van der Waals surface area contributed by atoms with Crippen molar-refractivity contribution in [3.05, 3.63) is 23.8 Å². The van der Waals surface area contributed by atoms with Gasteiger partial charge in [-0.1, -0.05) is 23.8 Å². The van der Waals surface area contributed by atoms with Crippen molar-refractivity contribution in [2.45, 2.75) is 25.9 Å². The number of aliphatic hydroxyl groups is 1. The first-order valence-corrected chi connectivity index (χ1v) is 5.21. The zero-order valence-electron chi connectivity index (χ0n) is 8.92. The molecular formula is C11H19ClO2. The summed E-state index contributed by atoms with van der Waals surface area (Å²) >= 11 is 5.74. The van der Waals surface area contributed by atoms with Crippen LogP contribution in [0.15, 0.2) is 23.8 Å². The van der Waals surface area contributed by atoms with Gasteiger partial charge in [-0.05, 0) is 19.8 Å². The Balaban J connectivity index is 3.89. The molecule has 0 bridgehead atoms. The quantitative estimate of drug-likeness (QED) is 0.526. The molecule has 1 atom stereocenters. The van der Waals surface area contributed by atoms with Crippen LogP contribution in [-0.2, 0) is 4.74 Å². The molecule has 0 aromatic carbocycles. The number of methoxy groups -OCH3 is 1. The predicted molar refractivity (Wildman–Crippen MR) is 60.7 cm³/mol. The molecule has 0 aliphatic heterocycles. The molecule has 0 amide bonds. The van der Waals surface area contributed by atoms with Crippen molar-refractivity contribution in [2.75, 3.05) is 19.6 Å². The highest BCUT2D eigenvalue weighted by atomic mass is 35.5. The molecule has 3 heteroatoms. The normalized spacial score (nSPS) is 14.1. The van der Waals surface area contributed by atoms with Crippen molar-refractivity contribution in [2.24, 2.45) is 0 Å². The summed E-state index contributed by atoms with van der Waals surface area (Å²) in [6, 6.07) is 0. The van der Waals surface area contributed by atoms with Gasteiger partial charge in [-0.3, -0.25) is 0 Å². The van der Waals surface area contributed by atoms with Crippen molar-refractivity contribution in [1.82, 2.24) is 0 Å². The van der Waals surface area contributed by atoms with Gasteiger partial charge >= 0.3 is 0 Å². The Bertz CT molecular complexity index is 199.